The van der Waals surface area contributed by atoms with Crippen LogP contribution in [0.25, 0.3) is 0 Å². The molecule has 0 aliphatic heterocycles. The lowest BCUT2D eigenvalue weighted by atomic mass is 10.2. The molecule has 9 heteroatoms. The molecular weight excluding hydrogens is 376 g/mol. The molecule has 0 fully saturated rings. The maximum Gasteiger partial charge on any atom is 0.523 e. The van der Waals surface area contributed by atoms with E-state index in [0.29, 0.717) is 0 Å². The summed E-state index contributed by atoms with van der Waals surface area (Å²) in [5.41, 5.74) is -5.70. The second-order valence-electron chi connectivity index (χ2n) is 2.91. The van der Waals surface area contributed by atoms with E-state index in [1.54, 1.807) is 6.07 Å². The number of hydrogen-bond donors (Lipinski definition) is 1. The van der Waals surface area contributed by atoms with E-state index in [2.05, 4.69) is 4.18 Å². The van der Waals surface area contributed by atoms with E-state index >= 15 is 0 Å². The molecule has 0 heterocycles. The molecule has 96 valence electrons. The van der Waals surface area contributed by atoms with Crippen LogP contribution in [0.3, 0.4) is 0 Å². The fraction of sp³-hybridized carbons (Fsp3) is 0.250. The van der Waals surface area contributed by atoms with Crippen LogP contribution in [0.4, 0.5) is 13.2 Å². The zero-order valence-corrected chi connectivity index (χ0v) is 11.0. The molecular formula is C8H6F3IO4S. The highest BCUT2D eigenvalue weighted by Crippen LogP contribution is 2.36. The Morgan fingerprint density at radius 1 is 1.18 bits per heavy atom. The Morgan fingerprint density at radius 2 is 1.65 bits per heavy atom. The Kier molecular flexibility index (Phi) is 4.06. The van der Waals surface area contributed by atoms with Crippen molar-refractivity contribution in [1.29, 1.82) is 0 Å². The molecule has 0 aliphatic carbocycles. The minimum atomic E-state index is -5.86. The van der Waals surface area contributed by atoms with Crippen molar-refractivity contribution in [3.05, 3.63) is 35.9 Å². The Morgan fingerprint density at radius 3 is 2.06 bits per heavy atom. The number of aliphatic hydroxyl groups is 1. The van der Waals surface area contributed by atoms with E-state index in [9.17, 15) is 26.7 Å². The van der Waals surface area contributed by atoms with Crippen molar-refractivity contribution < 1.29 is 30.9 Å². The molecule has 0 radical (unpaired) electrons. The topological polar surface area (TPSA) is 63.6 Å². The first-order valence-electron chi connectivity index (χ1n) is 4.05. The normalized spacial score (nSPS) is 16.5. The van der Waals surface area contributed by atoms with Crippen molar-refractivity contribution in [3.8, 4) is 0 Å². The average molecular weight is 382 g/mol. The Hall–Kier alpha value is -0.390. The van der Waals surface area contributed by atoms with Crippen LogP contribution in [-0.2, 0) is 18.1 Å². The van der Waals surface area contributed by atoms with Gasteiger partial charge < -0.3 is 5.11 Å². The zero-order valence-electron chi connectivity index (χ0n) is 7.98. The van der Waals surface area contributed by atoms with Crippen molar-refractivity contribution in [2.45, 2.75) is 9.30 Å². The Labute approximate surface area is 109 Å². The molecule has 0 aliphatic rings. The van der Waals surface area contributed by atoms with Gasteiger partial charge in [-0.05, 0) is 22.6 Å². The van der Waals surface area contributed by atoms with Gasteiger partial charge in [0.15, 0.2) is 0 Å². The van der Waals surface area contributed by atoms with Crippen LogP contribution in [0.15, 0.2) is 30.3 Å². The molecule has 0 aromatic heterocycles. The van der Waals surface area contributed by atoms with Crippen LogP contribution in [-0.4, -0.2) is 19.0 Å². The third-order valence-corrected chi connectivity index (χ3v) is 3.80. The standard InChI is InChI=1S/C8H6F3IO4S/c9-8(10,11)17(14,15)16-7(12,13)6-4-2-1-3-5-6/h1-5,13H. The van der Waals surface area contributed by atoms with Crippen LogP contribution in [0.1, 0.15) is 5.56 Å². The fourth-order valence-corrected chi connectivity index (χ4v) is 2.44. The summed E-state index contributed by atoms with van der Waals surface area (Å²) >= 11 is 1.06. The summed E-state index contributed by atoms with van der Waals surface area (Å²) in [6, 6.07) is 6.86. The van der Waals surface area contributed by atoms with Crippen molar-refractivity contribution >= 4 is 32.7 Å². The summed E-state index contributed by atoms with van der Waals surface area (Å²) in [6.07, 6.45) is 0. The van der Waals surface area contributed by atoms with E-state index in [4.69, 9.17) is 0 Å². The van der Waals surface area contributed by atoms with Crippen LogP contribution in [0.2, 0.25) is 0 Å². The average Bonchev–Trinajstić information content (AvgIpc) is 2.15. The van der Waals surface area contributed by atoms with Gasteiger partial charge in [0.2, 0.25) is 0 Å². The van der Waals surface area contributed by atoms with Crippen LogP contribution in [0.5, 0.6) is 0 Å². The van der Waals surface area contributed by atoms with Gasteiger partial charge >= 0.3 is 15.6 Å². The lowest BCUT2D eigenvalue weighted by Gasteiger charge is -2.21. The fourth-order valence-electron chi connectivity index (χ4n) is 0.884. The predicted molar refractivity (Wildman–Crippen MR) is 60.4 cm³/mol. The van der Waals surface area contributed by atoms with Gasteiger partial charge in [0.05, 0.1) is 0 Å². The van der Waals surface area contributed by atoms with Gasteiger partial charge in [0.25, 0.3) is 3.79 Å². The van der Waals surface area contributed by atoms with Gasteiger partial charge in [-0.3, -0.25) is 0 Å². The van der Waals surface area contributed by atoms with Crippen molar-refractivity contribution in [2.75, 3.05) is 0 Å². The van der Waals surface area contributed by atoms with E-state index in [-0.39, 0.29) is 5.56 Å². The Balaban J connectivity index is 3.04. The largest absolute Gasteiger partial charge is 0.523 e. The number of rotatable bonds is 3. The summed E-state index contributed by atoms with van der Waals surface area (Å²) < 4.78 is 58.8. The lowest BCUT2D eigenvalue weighted by molar-refractivity contribution is -0.0869. The number of halogens is 4. The summed E-state index contributed by atoms with van der Waals surface area (Å²) in [6.45, 7) is 0. The molecule has 0 bridgehead atoms. The number of hydrogen-bond acceptors (Lipinski definition) is 4. The molecule has 0 saturated carbocycles. The molecule has 1 unspecified atom stereocenters. The first-order valence-corrected chi connectivity index (χ1v) is 6.54. The van der Waals surface area contributed by atoms with Gasteiger partial charge in [-0.2, -0.15) is 21.6 Å². The molecule has 1 aromatic carbocycles. The van der Waals surface area contributed by atoms with Gasteiger partial charge in [-0.1, -0.05) is 30.3 Å². The third-order valence-electron chi connectivity index (χ3n) is 1.63. The maximum atomic E-state index is 12.1. The SMILES string of the molecule is O=S(=O)(OC(O)(I)c1ccccc1)C(F)(F)F. The molecule has 0 saturated heterocycles. The van der Waals surface area contributed by atoms with Gasteiger partial charge in [-0.15, -0.1) is 0 Å². The van der Waals surface area contributed by atoms with E-state index < -0.39 is 19.4 Å². The smallest absolute Gasteiger partial charge is 0.353 e. The summed E-state index contributed by atoms with van der Waals surface area (Å²) in [5, 5.41) is 9.57. The molecule has 0 spiro atoms. The first-order chi connectivity index (χ1) is 7.56. The number of alkyl halides is 4. The molecule has 1 atom stereocenters. The molecule has 1 aromatic rings. The predicted octanol–water partition coefficient (Wildman–Crippen LogP) is 2.09. The number of benzene rings is 1. The first kappa shape index (κ1) is 14.7. The molecule has 1 rings (SSSR count). The van der Waals surface area contributed by atoms with Crippen LogP contribution >= 0.6 is 22.6 Å². The second kappa shape index (κ2) is 4.71. The monoisotopic (exact) mass is 382 g/mol. The minimum absolute atomic E-state index is 0.117. The van der Waals surface area contributed by atoms with Crippen molar-refractivity contribution in [2.24, 2.45) is 0 Å². The van der Waals surface area contributed by atoms with Gasteiger partial charge in [-0.25, -0.2) is 4.18 Å². The summed E-state index contributed by atoms with van der Waals surface area (Å²) in [4.78, 5) is 0. The van der Waals surface area contributed by atoms with E-state index in [0.717, 1.165) is 22.6 Å². The van der Waals surface area contributed by atoms with Crippen molar-refractivity contribution in [1.82, 2.24) is 0 Å². The van der Waals surface area contributed by atoms with E-state index in [1.165, 1.54) is 24.3 Å². The quantitative estimate of drug-likeness (QED) is 0.286. The van der Waals surface area contributed by atoms with Crippen LogP contribution in [0, 0.1) is 0 Å². The van der Waals surface area contributed by atoms with Gasteiger partial charge in [0.1, 0.15) is 0 Å². The minimum Gasteiger partial charge on any atom is -0.353 e. The Bertz CT molecular complexity index is 483. The zero-order chi connectivity index (χ0) is 13.3. The van der Waals surface area contributed by atoms with Crippen LogP contribution < -0.4 is 0 Å². The summed E-state index contributed by atoms with van der Waals surface area (Å²) in [7, 11) is -5.86. The molecule has 0 amide bonds. The lowest BCUT2D eigenvalue weighted by Crippen LogP contribution is -2.33. The summed E-state index contributed by atoms with van der Waals surface area (Å²) in [5.74, 6) is 0. The maximum absolute atomic E-state index is 12.1. The third kappa shape index (κ3) is 3.53. The van der Waals surface area contributed by atoms with E-state index in [1.807, 2.05) is 0 Å². The highest BCUT2D eigenvalue weighted by atomic mass is 127. The second-order valence-corrected chi connectivity index (χ2v) is 5.91. The highest BCUT2D eigenvalue weighted by Gasteiger charge is 2.51. The van der Waals surface area contributed by atoms with Crippen molar-refractivity contribution in [3.63, 3.8) is 0 Å². The highest BCUT2D eigenvalue weighted by molar-refractivity contribution is 14.1. The molecule has 1 N–H and O–H groups in total. The molecule has 4 nitrogen and oxygen atoms in total. The molecule has 17 heavy (non-hydrogen) atoms. The van der Waals surface area contributed by atoms with Gasteiger partial charge in [0, 0.05) is 5.56 Å².